The van der Waals surface area contributed by atoms with Crippen molar-refractivity contribution in [3.8, 4) is 0 Å². The van der Waals surface area contributed by atoms with Crippen LogP contribution in [0.4, 0.5) is 9.59 Å². The third-order valence-electron chi connectivity index (χ3n) is 0. The zero-order valence-corrected chi connectivity index (χ0v) is 11.9. The summed E-state index contributed by atoms with van der Waals surface area (Å²) in [4.78, 5) is 16.8. The van der Waals surface area contributed by atoms with Crippen LogP contribution in [0.2, 0.25) is 0 Å². The Morgan fingerprint density at radius 1 is 1.08 bits per heavy atom. The van der Waals surface area contributed by atoms with Crippen molar-refractivity contribution in [2.24, 2.45) is 0 Å². The van der Waals surface area contributed by atoms with Gasteiger partial charge in [-0.15, -0.1) is 0 Å². The second-order valence-corrected chi connectivity index (χ2v) is 0.516. The van der Waals surface area contributed by atoms with Gasteiger partial charge in [-0.1, -0.05) is 0 Å². The van der Waals surface area contributed by atoms with Gasteiger partial charge in [0.1, 0.15) is 0 Å². The van der Waals surface area contributed by atoms with Crippen LogP contribution < -0.4 is 44.9 Å². The molecule has 0 atom stereocenters. The van der Waals surface area contributed by atoms with Crippen LogP contribution in [0.5, 0.6) is 0 Å². The molecule has 0 saturated carbocycles. The standard InChI is InChI=1S/2CH2O3.Ca.Mg.Na.O/c2*2-1(3)4;;;;/h2*(H2,2,3,4);;;;/q;;2*+2;+1;-2/p-3. The molecular formula is C2HCaMgNaO7. The molecule has 0 rings (SSSR count). The van der Waals surface area contributed by atoms with Crippen molar-refractivity contribution >= 4 is 73.1 Å². The molecule has 1 N–H and O–H groups in total. The van der Waals surface area contributed by atoms with Crippen molar-refractivity contribution in [1.29, 1.82) is 0 Å². The number of carbonyl (C=O) groups excluding carboxylic acids is 1. The summed E-state index contributed by atoms with van der Waals surface area (Å²) in [6.45, 7) is 0. The van der Waals surface area contributed by atoms with E-state index < -0.39 is 12.3 Å². The molecule has 0 aliphatic rings. The zero-order valence-electron chi connectivity index (χ0n) is 6.31. The minimum atomic E-state index is -2.33. The first-order valence-corrected chi connectivity index (χ1v) is 1.24. The second-order valence-electron chi connectivity index (χ2n) is 0.516. The fourth-order valence-electron chi connectivity index (χ4n) is 0. The minimum absolute atomic E-state index is 0. The Morgan fingerprint density at radius 3 is 1.08 bits per heavy atom. The van der Waals surface area contributed by atoms with Gasteiger partial charge < -0.3 is 35.5 Å². The maximum Gasteiger partial charge on any atom is 2.00 e. The normalized spacial score (nSPS) is 4.00. The summed E-state index contributed by atoms with van der Waals surface area (Å²) >= 11 is 0. The summed E-state index contributed by atoms with van der Waals surface area (Å²) < 4.78 is 0. The predicted octanol–water partition coefficient (Wildman–Crippen LogP) is -7.44. The van der Waals surface area contributed by atoms with Gasteiger partial charge in [-0.3, -0.25) is 0 Å². The van der Waals surface area contributed by atoms with Crippen LogP contribution in [0.15, 0.2) is 0 Å². The summed E-state index contributed by atoms with van der Waals surface area (Å²) in [5.74, 6) is 0. The topological polar surface area (TPSA) is 152 Å². The fourth-order valence-corrected chi connectivity index (χ4v) is 0. The predicted molar refractivity (Wildman–Crippen MR) is 25.6 cm³/mol. The van der Waals surface area contributed by atoms with Crippen molar-refractivity contribution in [1.82, 2.24) is 0 Å². The van der Waals surface area contributed by atoms with Crippen LogP contribution in [0.3, 0.4) is 0 Å². The SMILES string of the molecule is O=C([O-])O.O=C([O-])[O-].[Ca+2].[Mg+2].[Na+].[O-2]. The van der Waals surface area contributed by atoms with Gasteiger partial charge in [0.25, 0.3) is 0 Å². The molecule has 0 aliphatic carbocycles. The molecule has 0 aromatic rings. The van der Waals surface area contributed by atoms with Crippen molar-refractivity contribution in [2.45, 2.75) is 0 Å². The molecule has 7 nitrogen and oxygen atoms in total. The smallest absolute Gasteiger partial charge is 2.00 e. The molecule has 0 radical (unpaired) electrons. The first-order chi connectivity index (χ1) is 3.46. The van der Waals surface area contributed by atoms with Gasteiger partial charge >= 0.3 is 90.3 Å². The molecule has 0 saturated heterocycles. The molecule has 0 aromatic carbocycles. The van der Waals surface area contributed by atoms with E-state index in [-0.39, 0.29) is 95.8 Å². The second kappa shape index (κ2) is 29.4. The first-order valence-electron chi connectivity index (χ1n) is 1.24. The van der Waals surface area contributed by atoms with Crippen molar-refractivity contribution in [2.75, 3.05) is 0 Å². The Morgan fingerprint density at radius 2 is 1.08 bits per heavy atom. The number of carboxylic acid groups (broad SMARTS) is 4. The molecule has 12 heavy (non-hydrogen) atoms. The number of rotatable bonds is 0. The molecule has 0 amide bonds. The van der Waals surface area contributed by atoms with E-state index in [0.717, 1.165) is 0 Å². The third kappa shape index (κ3) is 548. The van der Waals surface area contributed by atoms with Gasteiger partial charge in [0.15, 0.2) is 0 Å². The van der Waals surface area contributed by atoms with Gasteiger partial charge in [-0.05, 0) is 6.16 Å². The van der Waals surface area contributed by atoms with E-state index in [4.69, 9.17) is 30.0 Å². The fraction of sp³-hybridized carbons (Fsp3) is 0. The van der Waals surface area contributed by atoms with E-state index in [1.807, 2.05) is 0 Å². The first kappa shape index (κ1) is 37.5. The monoisotopic (exact) mass is 224 g/mol. The molecule has 0 fully saturated rings. The third-order valence-corrected chi connectivity index (χ3v) is 0. The van der Waals surface area contributed by atoms with Crippen LogP contribution in [-0.2, 0) is 5.48 Å². The minimum Gasteiger partial charge on any atom is -2.00 e. The Kier molecular flexibility index (Phi) is 91.7. The van der Waals surface area contributed by atoms with Gasteiger partial charge in [-0.25, -0.2) is 0 Å². The van der Waals surface area contributed by atoms with Gasteiger partial charge in [-0.2, -0.15) is 0 Å². The average molecular weight is 224 g/mol. The molecule has 10 heteroatoms. The molecule has 0 aromatic heterocycles. The largest absolute Gasteiger partial charge is 2.00 e. The van der Waals surface area contributed by atoms with E-state index in [9.17, 15) is 0 Å². The summed E-state index contributed by atoms with van der Waals surface area (Å²) in [6, 6.07) is 0. The van der Waals surface area contributed by atoms with Crippen molar-refractivity contribution in [3.05, 3.63) is 0 Å². The van der Waals surface area contributed by atoms with Crippen LogP contribution >= 0.6 is 0 Å². The number of hydrogen-bond donors (Lipinski definition) is 1. The van der Waals surface area contributed by atoms with E-state index in [1.165, 1.54) is 0 Å². The number of hydrogen-bond acceptors (Lipinski definition) is 5. The summed E-state index contributed by atoms with van der Waals surface area (Å²) in [5.41, 5.74) is 0. The Balaban J connectivity index is -0.0000000112. The average Bonchev–Trinajstić information content (AvgIpc) is 1.25. The van der Waals surface area contributed by atoms with Crippen molar-refractivity contribution in [3.63, 3.8) is 0 Å². The summed E-state index contributed by atoms with van der Waals surface area (Å²) in [7, 11) is 0. The Hall–Kier alpha value is 1.53. The van der Waals surface area contributed by atoms with E-state index in [2.05, 4.69) is 0 Å². The Bertz CT molecular complexity index is 79.4. The van der Waals surface area contributed by atoms with E-state index in [1.54, 1.807) is 0 Å². The molecule has 0 bridgehead atoms. The van der Waals surface area contributed by atoms with Crippen LogP contribution in [0, 0.1) is 0 Å². The maximum absolute atomic E-state index is 8.44. The zero-order chi connectivity index (χ0) is 7.15. The summed E-state index contributed by atoms with van der Waals surface area (Å²) in [5, 5.41) is 32.0. The summed E-state index contributed by atoms with van der Waals surface area (Å²) in [6.07, 6.45) is -4.42. The number of carbonyl (C=O) groups is 2. The van der Waals surface area contributed by atoms with Crippen LogP contribution in [-0.4, -0.2) is 78.2 Å². The van der Waals surface area contributed by atoms with Gasteiger partial charge in [0, 0.05) is 0 Å². The van der Waals surface area contributed by atoms with E-state index in [0.29, 0.717) is 0 Å². The molecule has 0 heterocycles. The molecule has 0 unspecified atom stereocenters. The molecular weight excluding hydrogens is 223 g/mol. The Labute approximate surface area is 136 Å². The molecule has 56 valence electrons. The van der Waals surface area contributed by atoms with Crippen LogP contribution in [0.1, 0.15) is 0 Å². The molecule has 0 spiro atoms. The van der Waals surface area contributed by atoms with E-state index >= 15 is 0 Å². The van der Waals surface area contributed by atoms with Crippen molar-refractivity contribution < 1.29 is 65.0 Å². The van der Waals surface area contributed by atoms with Gasteiger partial charge in [0.05, 0.1) is 0 Å². The van der Waals surface area contributed by atoms with Crippen LogP contribution in [0.25, 0.3) is 0 Å². The quantitative estimate of drug-likeness (QED) is 0.403. The van der Waals surface area contributed by atoms with Gasteiger partial charge in [0.2, 0.25) is 6.16 Å². The maximum atomic E-state index is 8.44. The molecule has 0 aliphatic heterocycles.